The predicted molar refractivity (Wildman–Crippen MR) is 87.9 cm³/mol. The van der Waals surface area contributed by atoms with Gasteiger partial charge >= 0.3 is 0 Å². The molecule has 0 saturated carbocycles. The minimum atomic E-state index is 0.374. The molecule has 23 heavy (non-hydrogen) atoms. The van der Waals surface area contributed by atoms with Crippen LogP contribution in [0.5, 0.6) is 11.5 Å². The molecule has 1 aromatic carbocycles. The van der Waals surface area contributed by atoms with Crippen LogP contribution in [0, 0.1) is 13.8 Å². The Bertz CT molecular complexity index is 639. The Morgan fingerprint density at radius 2 is 1.87 bits per heavy atom. The molecule has 1 aliphatic rings. The summed E-state index contributed by atoms with van der Waals surface area (Å²) < 4.78 is 16.1. The third-order valence-corrected chi connectivity index (χ3v) is 4.58. The lowest BCUT2D eigenvalue weighted by Gasteiger charge is -2.25. The third-order valence-electron chi connectivity index (χ3n) is 4.58. The molecule has 1 aromatic heterocycles. The molecular weight excluding hydrogens is 292 g/mol. The molecule has 3 rings (SSSR count). The first-order valence-electron chi connectivity index (χ1n) is 8.01. The van der Waals surface area contributed by atoms with Gasteiger partial charge < -0.3 is 14.0 Å². The Kier molecular flexibility index (Phi) is 4.57. The summed E-state index contributed by atoms with van der Waals surface area (Å²) in [4.78, 5) is 2.49. The van der Waals surface area contributed by atoms with Crippen LogP contribution in [0.3, 0.4) is 0 Å². The van der Waals surface area contributed by atoms with Crippen LogP contribution >= 0.6 is 0 Å². The fourth-order valence-electron chi connectivity index (χ4n) is 3.50. The van der Waals surface area contributed by atoms with E-state index in [2.05, 4.69) is 22.2 Å². The van der Waals surface area contributed by atoms with Crippen LogP contribution in [0.1, 0.15) is 41.5 Å². The molecule has 124 valence electrons. The van der Waals surface area contributed by atoms with Crippen molar-refractivity contribution in [3.63, 3.8) is 0 Å². The number of ether oxygens (including phenoxy) is 2. The summed E-state index contributed by atoms with van der Waals surface area (Å²) in [5, 5.41) is 4.12. The van der Waals surface area contributed by atoms with Gasteiger partial charge in [-0.05, 0) is 50.9 Å². The minimum absolute atomic E-state index is 0.374. The highest BCUT2D eigenvalue weighted by atomic mass is 16.5. The second-order valence-corrected chi connectivity index (χ2v) is 6.09. The van der Waals surface area contributed by atoms with Gasteiger partial charge in [0, 0.05) is 24.2 Å². The number of likely N-dealkylation sites (tertiary alicyclic amines) is 1. The van der Waals surface area contributed by atoms with Crippen LogP contribution in [-0.2, 0) is 6.54 Å². The molecule has 1 atom stereocenters. The summed E-state index contributed by atoms with van der Waals surface area (Å²) in [6, 6.07) is 6.42. The molecule has 5 heteroatoms. The maximum Gasteiger partial charge on any atom is 0.138 e. The van der Waals surface area contributed by atoms with Gasteiger partial charge in [-0.15, -0.1) is 0 Å². The fourth-order valence-corrected chi connectivity index (χ4v) is 3.50. The van der Waals surface area contributed by atoms with E-state index in [1.165, 1.54) is 17.5 Å². The summed E-state index contributed by atoms with van der Waals surface area (Å²) in [5.41, 5.74) is 3.44. The summed E-state index contributed by atoms with van der Waals surface area (Å²) >= 11 is 0. The van der Waals surface area contributed by atoms with Crippen LogP contribution in [0.15, 0.2) is 22.7 Å². The lowest BCUT2D eigenvalue weighted by molar-refractivity contribution is 0.245. The van der Waals surface area contributed by atoms with E-state index in [9.17, 15) is 0 Å². The van der Waals surface area contributed by atoms with Crippen LogP contribution in [0.4, 0.5) is 0 Å². The average molecular weight is 316 g/mol. The summed E-state index contributed by atoms with van der Waals surface area (Å²) in [7, 11) is 3.36. The third kappa shape index (κ3) is 3.20. The van der Waals surface area contributed by atoms with Crippen molar-refractivity contribution < 1.29 is 14.0 Å². The Morgan fingerprint density at radius 3 is 2.43 bits per heavy atom. The van der Waals surface area contributed by atoms with Gasteiger partial charge in [0.05, 0.1) is 19.9 Å². The van der Waals surface area contributed by atoms with E-state index in [4.69, 9.17) is 14.0 Å². The van der Waals surface area contributed by atoms with Crippen LogP contribution in [-0.4, -0.2) is 30.8 Å². The van der Waals surface area contributed by atoms with E-state index in [0.29, 0.717) is 6.04 Å². The Morgan fingerprint density at radius 1 is 1.17 bits per heavy atom. The van der Waals surface area contributed by atoms with E-state index in [-0.39, 0.29) is 0 Å². The van der Waals surface area contributed by atoms with Gasteiger partial charge in [0.25, 0.3) is 0 Å². The van der Waals surface area contributed by atoms with Crippen LogP contribution in [0.25, 0.3) is 0 Å². The van der Waals surface area contributed by atoms with E-state index < -0.39 is 0 Å². The van der Waals surface area contributed by atoms with Gasteiger partial charge in [0.1, 0.15) is 17.3 Å². The maximum atomic E-state index is 5.38. The lowest BCUT2D eigenvalue weighted by Crippen LogP contribution is -2.23. The molecule has 0 N–H and O–H groups in total. The molecule has 0 radical (unpaired) electrons. The molecule has 0 spiro atoms. The number of rotatable bonds is 5. The molecule has 1 fully saturated rings. The SMILES string of the molecule is COc1cc(CN2CCC[C@@H]2c2c(C)noc2C)cc(OC)c1. The zero-order valence-corrected chi connectivity index (χ0v) is 14.3. The number of benzene rings is 1. The zero-order valence-electron chi connectivity index (χ0n) is 14.3. The second kappa shape index (κ2) is 6.62. The van der Waals surface area contributed by atoms with E-state index in [1.54, 1.807) is 14.2 Å². The van der Waals surface area contributed by atoms with Crippen molar-refractivity contribution in [2.75, 3.05) is 20.8 Å². The monoisotopic (exact) mass is 316 g/mol. The number of aryl methyl sites for hydroxylation is 2. The standard InChI is InChI=1S/C18H24N2O3/c1-12-18(13(2)23-19-12)17-6-5-7-20(17)11-14-8-15(21-3)10-16(9-14)22-4/h8-10,17H,5-7,11H2,1-4H3/t17-/m1/s1. The van der Waals surface area contributed by atoms with Crippen molar-refractivity contribution >= 4 is 0 Å². The largest absolute Gasteiger partial charge is 0.497 e. The maximum absolute atomic E-state index is 5.38. The van der Waals surface area contributed by atoms with Gasteiger partial charge in [0.2, 0.25) is 0 Å². The number of hydrogen-bond acceptors (Lipinski definition) is 5. The van der Waals surface area contributed by atoms with Crippen molar-refractivity contribution in [1.82, 2.24) is 10.1 Å². The molecule has 1 saturated heterocycles. The normalized spacial score (nSPS) is 18.3. The van der Waals surface area contributed by atoms with Crippen molar-refractivity contribution in [3.05, 3.63) is 40.8 Å². The summed E-state index contributed by atoms with van der Waals surface area (Å²) in [6.45, 7) is 5.97. The van der Waals surface area contributed by atoms with Crippen molar-refractivity contribution in [2.24, 2.45) is 0 Å². The average Bonchev–Trinajstić information content (AvgIpc) is 3.13. The fraction of sp³-hybridized carbons (Fsp3) is 0.500. The van der Waals surface area contributed by atoms with E-state index in [1.807, 2.05) is 19.9 Å². The number of nitrogens with zero attached hydrogens (tertiary/aromatic N) is 2. The first-order valence-corrected chi connectivity index (χ1v) is 8.01. The molecule has 1 aliphatic heterocycles. The molecule has 0 bridgehead atoms. The Balaban J connectivity index is 1.84. The van der Waals surface area contributed by atoms with Gasteiger partial charge in [0.15, 0.2) is 0 Å². The molecule has 2 aromatic rings. The predicted octanol–water partition coefficient (Wildman–Crippen LogP) is 3.65. The van der Waals surface area contributed by atoms with Crippen molar-refractivity contribution in [2.45, 2.75) is 39.3 Å². The number of hydrogen-bond donors (Lipinski definition) is 0. The van der Waals surface area contributed by atoms with E-state index >= 15 is 0 Å². The van der Waals surface area contributed by atoms with Gasteiger partial charge in [-0.25, -0.2) is 0 Å². The molecule has 0 aliphatic carbocycles. The highest BCUT2D eigenvalue weighted by Gasteiger charge is 2.30. The Hall–Kier alpha value is -2.01. The highest BCUT2D eigenvalue weighted by Crippen LogP contribution is 2.37. The molecule has 0 unspecified atom stereocenters. The number of methoxy groups -OCH3 is 2. The van der Waals surface area contributed by atoms with E-state index in [0.717, 1.165) is 42.5 Å². The summed E-state index contributed by atoms with van der Waals surface area (Å²) in [6.07, 6.45) is 2.33. The zero-order chi connectivity index (χ0) is 16.4. The van der Waals surface area contributed by atoms with Gasteiger partial charge in [-0.1, -0.05) is 5.16 Å². The molecule has 2 heterocycles. The number of aromatic nitrogens is 1. The van der Waals surface area contributed by atoms with Crippen molar-refractivity contribution in [1.29, 1.82) is 0 Å². The van der Waals surface area contributed by atoms with Crippen molar-refractivity contribution in [3.8, 4) is 11.5 Å². The minimum Gasteiger partial charge on any atom is -0.497 e. The lowest BCUT2D eigenvalue weighted by atomic mass is 10.0. The van der Waals surface area contributed by atoms with Gasteiger partial charge in [-0.3, -0.25) is 4.90 Å². The molecule has 0 amide bonds. The van der Waals surface area contributed by atoms with Crippen LogP contribution in [0.2, 0.25) is 0 Å². The topological polar surface area (TPSA) is 47.7 Å². The molecule has 5 nitrogen and oxygen atoms in total. The van der Waals surface area contributed by atoms with Gasteiger partial charge in [-0.2, -0.15) is 0 Å². The summed E-state index contributed by atoms with van der Waals surface area (Å²) in [5.74, 6) is 2.59. The molecular formula is C18H24N2O3. The quantitative estimate of drug-likeness (QED) is 0.842. The van der Waals surface area contributed by atoms with Crippen LogP contribution < -0.4 is 9.47 Å². The first-order chi connectivity index (χ1) is 11.1. The second-order valence-electron chi connectivity index (χ2n) is 6.09. The first kappa shape index (κ1) is 15.9. The smallest absolute Gasteiger partial charge is 0.138 e. The highest BCUT2D eigenvalue weighted by molar-refractivity contribution is 5.38. The Labute approximate surface area is 137 Å².